The van der Waals surface area contributed by atoms with Crippen molar-refractivity contribution in [1.29, 1.82) is 5.26 Å². The molecule has 4 nitrogen and oxygen atoms in total. The van der Waals surface area contributed by atoms with Crippen LogP contribution in [-0.4, -0.2) is 25.3 Å². The fourth-order valence-electron chi connectivity index (χ4n) is 9.42. The summed E-state index contributed by atoms with van der Waals surface area (Å²) in [6, 6.07) is 2.21. The molecule has 0 aromatic rings. The molecule has 8 atom stereocenters. The maximum Gasteiger partial charge on any atom is 0.176 e. The smallest absolute Gasteiger partial charge is 0.176 e. The zero-order valence-electron chi connectivity index (χ0n) is 24.1. The minimum Gasteiger partial charge on any atom is -0.384 e. The van der Waals surface area contributed by atoms with Crippen molar-refractivity contribution in [2.45, 2.75) is 106 Å². The summed E-state index contributed by atoms with van der Waals surface area (Å²) in [5.41, 5.74) is 0.174. The summed E-state index contributed by atoms with van der Waals surface area (Å²) in [7, 11) is 1.81. The predicted molar refractivity (Wildman–Crippen MR) is 143 cm³/mol. The van der Waals surface area contributed by atoms with Crippen LogP contribution in [0.2, 0.25) is 0 Å². The number of carbonyl (C=O) groups is 2. The lowest BCUT2D eigenvalue weighted by Crippen LogP contribution is -2.63. The van der Waals surface area contributed by atoms with Crippen molar-refractivity contribution in [3.8, 4) is 6.07 Å². The summed E-state index contributed by atoms with van der Waals surface area (Å²) >= 11 is 0. The van der Waals surface area contributed by atoms with E-state index in [0.29, 0.717) is 17.8 Å². The first-order chi connectivity index (χ1) is 16.7. The van der Waals surface area contributed by atoms with Crippen LogP contribution in [-0.2, 0) is 14.3 Å². The molecule has 36 heavy (non-hydrogen) atoms. The second-order valence-corrected chi connectivity index (χ2v) is 14.9. The Morgan fingerprint density at radius 1 is 0.944 bits per heavy atom. The summed E-state index contributed by atoms with van der Waals surface area (Å²) in [5.74, 6) is 0.681. The molecule has 0 radical (unpaired) electrons. The van der Waals surface area contributed by atoms with Crippen LogP contribution < -0.4 is 0 Å². The molecule has 0 spiro atoms. The van der Waals surface area contributed by atoms with Gasteiger partial charge in [0.2, 0.25) is 0 Å². The van der Waals surface area contributed by atoms with E-state index in [1.54, 1.807) is 0 Å². The average molecular weight is 496 g/mol. The summed E-state index contributed by atoms with van der Waals surface area (Å²) in [5, 5.41) is 9.80. The first kappa shape index (κ1) is 27.6. The second kappa shape index (κ2) is 9.07. The number of hydrogen-bond acceptors (Lipinski definition) is 4. The van der Waals surface area contributed by atoms with E-state index in [1.165, 1.54) is 0 Å². The molecule has 0 aliphatic heterocycles. The van der Waals surface area contributed by atoms with Crippen LogP contribution >= 0.6 is 0 Å². The SMILES string of the molecule is COC[C@@]1(C)CCC(C)(C)CCC2C(=O)C[C@@H]3[C@@]4(C)C=C(C#N)C(=O)[C@@H](C)[C@@H]4CC[C@@]3(C)[C@]2(C)CC1. The molecule has 0 bridgehead atoms. The number of allylic oxidation sites excluding steroid dienone is 2. The highest BCUT2D eigenvalue weighted by molar-refractivity contribution is 6.01. The zero-order chi connectivity index (χ0) is 26.7. The molecule has 4 aliphatic rings. The first-order valence-electron chi connectivity index (χ1n) is 14.4. The number of ketones is 2. The summed E-state index contributed by atoms with van der Waals surface area (Å²) in [4.78, 5) is 27.1. The average Bonchev–Trinajstić information content (AvgIpc) is 2.80. The Kier molecular flexibility index (Phi) is 6.95. The van der Waals surface area contributed by atoms with Gasteiger partial charge < -0.3 is 4.74 Å². The molecule has 200 valence electrons. The second-order valence-electron chi connectivity index (χ2n) is 14.9. The van der Waals surface area contributed by atoms with Gasteiger partial charge in [-0.05, 0) is 90.3 Å². The number of carbonyl (C=O) groups excluding carboxylic acids is 2. The zero-order valence-corrected chi connectivity index (χ0v) is 24.1. The van der Waals surface area contributed by atoms with Crippen LogP contribution in [0, 0.1) is 62.1 Å². The Bertz CT molecular complexity index is 990. The Labute approximate surface area is 219 Å². The van der Waals surface area contributed by atoms with Gasteiger partial charge in [0.15, 0.2) is 5.78 Å². The maximum atomic E-state index is 14.1. The van der Waals surface area contributed by atoms with Crippen molar-refractivity contribution in [3.63, 3.8) is 0 Å². The molecule has 0 N–H and O–H groups in total. The number of Topliss-reactive ketones (excluding diaryl/α,β-unsaturated/α-hetero) is 2. The molecular formula is C32H49NO3. The number of methoxy groups -OCH3 is 1. The molecule has 0 saturated heterocycles. The molecule has 4 rings (SSSR count). The molecule has 4 heteroatoms. The Hall–Kier alpha value is -1.47. The lowest BCUT2D eigenvalue weighted by atomic mass is 9.36. The van der Waals surface area contributed by atoms with Crippen molar-refractivity contribution < 1.29 is 14.3 Å². The molecule has 3 fully saturated rings. The van der Waals surface area contributed by atoms with E-state index in [1.807, 2.05) is 20.1 Å². The van der Waals surface area contributed by atoms with Gasteiger partial charge in [-0.3, -0.25) is 9.59 Å². The van der Waals surface area contributed by atoms with Crippen LogP contribution in [0.5, 0.6) is 0 Å². The Balaban J connectivity index is 1.82. The third kappa shape index (κ3) is 4.13. The van der Waals surface area contributed by atoms with E-state index in [2.05, 4.69) is 47.6 Å². The van der Waals surface area contributed by atoms with Crippen molar-refractivity contribution >= 4 is 11.6 Å². The quantitative estimate of drug-likeness (QED) is 0.402. The number of hydrogen-bond donors (Lipinski definition) is 0. The number of nitrogens with zero attached hydrogens (tertiary/aromatic N) is 1. The Morgan fingerprint density at radius 3 is 2.25 bits per heavy atom. The molecule has 0 aromatic carbocycles. The normalized spacial score (nSPS) is 47.0. The van der Waals surface area contributed by atoms with E-state index in [9.17, 15) is 14.9 Å². The molecule has 0 heterocycles. The van der Waals surface area contributed by atoms with Crippen LogP contribution in [0.3, 0.4) is 0 Å². The Morgan fingerprint density at radius 2 is 1.61 bits per heavy atom. The predicted octanol–water partition coefficient (Wildman–Crippen LogP) is 7.32. The fourth-order valence-corrected chi connectivity index (χ4v) is 9.42. The van der Waals surface area contributed by atoms with Gasteiger partial charge in [-0.15, -0.1) is 0 Å². The summed E-state index contributed by atoms with van der Waals surface area (Å²) in [6.07, 6.45) is 11.1. The van der Waals surface area contributed by atoms with Crippen LogP contribution in [0.25, 0.3) is 0 Å². The van der Waals surface area contributed by atoms with Gasteiger partial charge in [-0.1, -0.05) is 54.5 Å². The molecule has 4 aliphatic carbocycles. The minimum absolute atomic E-state index is 0.00828. The highest BCUT2D eigenvalue weighted by Crippen LogP contribution is 2.71. The molecule has 1 unspecified atom stereocenters. The lowest BCUT2D eigenvalue weighted by molar-refractivity contribution is -0.186. The number of fused-ring (bicyclic) bond motifs is 5. The van der Waals surface area contributed by atoms with E-state index >= 15 is 0 Å². The third-order valence-corrected chi connectivity index (χ3v) is 12.3. The number of rotatable bonds is 2. The van der Waals surface area contributed by atoms with Crippen molar-refractivity contribution in [3.05, 3.63) is 11.6 Å². The van der Waals surface area contributed by atoms with Gasteiger partial charge in [0, 0.05) is 25.4 Å². The van der Waals surface area contributed by atoms with Crippen molar-refractivity contribution in [2.24, 2.45) is 50.7 Å². The van der Waals surface area contributed by atoms with Gasteiger partial charge >= 0.3 is 0 Å². The maximum absolute atomic E-state index is 14.1. The third-order valence-electron chi connectivity index (χ3n) is 12.3. The van der Waals surface area contributed by atoms with Gasteiger partial charge in [0.25, 0.3) is 0 Å². The molecule has 3 saturated carbocycles. The van der Waals surface area contributed by atoms with E-state index < -0.39 is 0 Å². The summed E-state index contributed by atoms with van der Waals surface area (Å²) < 4.78 is 5.74. The highest BCUT2D eigenvalue weighted by atomic mass is 16.5. The van der Waals surface area contributed by atoms with Crippen LogP contribution in [0.1, 0.15) is 106 Å². The molecule has 0 aromatic heterocycles. The highest BCUT2D eigenvalue weighted by Gasteiger charge is 2.66. The van der Waals surface area contributed by atoms with E-state index in [-0.39, 0.29) is 56.5 Å². The summed E-state index contributed by atoms with van der Waals surface area (Å²) in [6.45, 7) is 17.0. The number of ether oxygens (including phenoxy) is 1. The van der Waals surface area contributed by atoms with Crippen LogP contribution in [0.4, 0.5) is 0 Å². The van der Waals surface area contributed by atoms with Crippen molar-refractivity contribution in [2.75, 3.05) is 13.7 Å². The minimum atomic E-state index is -0.306. The van der Waals surface area contributed by atoms with E-state index in [0.717, 1.165) is 58.0 Å². The molecule has 0 amide bonds. The van der Waals surface area contributed by atoms with E-state index in [4.69, 9.17) is 4.74 Å². The van der Waals surface area contributed by atoms with Crippen LogP contribution in [0.15, 0.2) is 11.6 Å². The largest absolute Gasteiger partial charge is 0.384 e. The monoisotopic (exact) mass is 495 g/mol. The van der Waals surface area contributed by atoms with Gasteiger partial charge in [-0.25, -0.2) is 0 Å². The van der Waals surface area contributed by atoms with Crippen molar-refractivity contribution in [1.82, 2.24) is 0 Å². The lowest BCUT2D eigenvalue weighted by Gasteiger charge is -2.67. The topological polar surface area (TPSA) is 67.2 Å². The number of nitriles is 1. The first-order valence-corrected chi connectivity index (χ1v) is 14.4. The molecular weight excluding hydrogens is 446 g/mol. The van der Waals surface area contributed by atoms with Gasteiger partial charge in [0.1, 0.15) is 11.9 Å². The van der Waals surface area contributed by atoms with Gasteiger partial charge in [-0.2, -0.15) is 5.26 Å². The fraction of sp³-hybridized carbons (Fsp3) is 0.844. The van der Waals surface area contributed by atoms with Gasteiger partial charge in [0.05, 0.1) is 12.2 Å². The standard InChI is InChI=1S/C32H49NO3/c1-21-23-10-12-32(7)26(30(23,5)18-22(19-33)27(21)35)17-25(34)24-9-11-28(2,3)13-14-29(4,20-36-8)15-16-31(24,32)6/h18,21,23-24,26H,9-17,20H2,1-8H3/t21-,23-,24?,26+,29-,30-,31+,32+/m0/s1.